The molecule has 0 saturated carbocycles. The van der Waals surface area contributed by atoms with Crippen molar-refractivity contribution in [3.05, 3.63) is 51.5 Å². The topological polar surface area (TPSA) is 36.4 Å². The summed E-state index contributed by atoms with van der Waals surface area (Å²) in [5, 5.41) is 12.7. The summed E-state index contributed by atoms with van der Waals surface area (Å²) >= 11 is 1.83. The van der Waals surface area contributed by atoms with E-state index in [2.05, 4.69) is 36.3 Å². The number of thiazole rings is 1. The number of likely N-dealkylation sites (tertiary alicyclic amines) is 1. The van der Waals surface area contributed by atoms with Crippen LogP contribution < -0.4 is 0 Å². The first-order chi connectivity index (χ1) is 11.2. The van der Waals surface area contributed by atoms with Crippen LogP contribution in [0.1, 0.15) is 60.4 Å². The van der Waals surface area contributed by atoms with Crippen LogP contribution in [0, 0.1) is 0 Å². The number of aromatic nitrogens is 1. The third-order valence-electron chi connectivity index (χ3n) is 4.60. The number of aliphatic hydroxyl groups is 1. The van der Waals surface area contributed by atoms with Gasteiger partial charge in [-0.15, -0.1) is 11.3 Å². The fourth-order valence-corrected chi connectivity index (χ4v) is 4.27. The number of hydrogen-bond donors (Lipinski definition) is 1. The Morgan fingerprint density at radius 3 is 2.65 bits per heavy atom. The van der Waals surface area contributed by atoms with Crippen LogP contribution in [0.2, 0.25) is 0 Å². The summed E-state index contributed by atoms with van der Waals surface area (Å²) in [6.07, 6.45) is 2.50. The van der Waals surface area contributed by atoms with Gasteiger partial charge in [-0.2, -0.15) is 0 Å². The second-order valence-corrected chi connectivity index (χ2v) is 7.70. The second-order valence-electron chi connectivity index (χ2n) is 6.81. The van der Waals surface area contributed by atoms with Crippen molar-refractivity contribution >= 4 is 11.3 Å². The van der Waals surface area contributed by atoms with Crippen LogP contribution in [0.5, 0.6) is 0 Å². The van der Waals surface area contributed by atoms with Crippen molar-refractivity contribution < 1.29 is 5.11 Å². The zero-order valence-corrected chi connectivity index (χ0v) is 14.9. The van der Waals surface area contributed by atoms with Crippen molar-refractivity contribution in [3.63, 3.8) is 0 Å². The Balaban J connectivity index is 1.62. The van der Waals surface area contributed by atoms with E-state index >= 15 is 0 Å². The van der Waals surface area contributed by atoms with Crippen LogP contribution in [0.15, 0.2) is 29.6 Å². The van der Waals surface area contributed by atoms with E-state index in [1.807, 2.05) is 23.5 Å². The highest BCUT2D eigenvalue weighted by Gasteiger charge is 2.24. The minimum Gasteiger partial charge on any atom is -0.392 e. The molecule has 23 heavy (non-hydrogen) atoms. The molecular weight excluding hydrogens is 304 g/mol. The molecule has 2 aromatic rings. The fourth-order valence-electron chi connectivity index (χ4n) is 3.16. The van der Waals surface area contributed by atoms with Gasteiger partial charge in [0.15, 0.2) is 0 Å². The Labute approximate surface area is 143 Å². The van der Waals surface area contributed by atoms with Gasteiger partial charge in [0.05, 0.1) is 17.3 Å². The lowest BCUT2D eigenvalue weighted by molar-refractivity contribution is 0.200. The minimum absolute atomic E-state index is 0.119. The first-order valence-electron chi connectivity index (χ1n) is 8.52. The molecule has 0 bridgehead atoms. The standard InChI is InChI=1S/C19H26N2OS/c1-14(2)18-13-23-19(20-18)17-4-3-9-21(11-17)10-15-5-7-16(12-22)8-6-15/h5-8,13-14,17,22H,3-4,9-12H2,1-2H3. The van der Waals surface area contributed by atoms with E-state index in [9.17, 15) is 0 Å². The molecule has 1 saturated heterocycles. The second kappa shape index (κ2) is 7.56. The summed E-state index contributed by atoms with van der Waals surface area (Å²) in [5.41, 5.74) is 3.54. The molecular formula is C19H26N2OS. The van der Waals surface area contributed by atoms with Crippen LogP contribution in [-0.2, 0) is 13.2 Å². The van der Waals surface area contributed by atoms with Gasteiger partial charge in [-0.05, 0) is 36.4 Å². The maximum atomic E-state index is 9.14. The number of aliphatic hydroxyl groups excluding tert-OH is 1. The number of rotatable bonds is 5. The zero-order chi connectivity index (χ0) is 16.2. The van der Waals surface area contributed by atoms with E-state index in [0.717, 1.165) is 18.7 Å². The van der Waals surface area contributed by atoms with Gasteiger partial charge >= 0.3 is 0 Å². The average molecular weight is 330 g/mol. The van der Waals surface area contributed by atoms with Gasteiger partial charge in [0.2, 0.25) is 0 Å². The fraction of sp³-hybridized carbons (Fsp3) is 0.526. The summed E-state index contributed by atoms with van der Waals surface area (Å²) in [4.78, 5) is 7.40. The van der Waals surface area contributed by atoms with Crippen molar-refractivity contribution in [2.45, 2.75) is 51.7 Å². The van der Waals surface area contributed by atoms with Gasteiger partial charge in [-0.1, -0.05) is 38.1 Å². The van der Waals surface area contributed by atoms with Gasteiger partial charge < -0.3 is 5.11 Å². The third-order valence-corrected chi connectivity index (χ3v) is 5.62. The van der Waals surface area contributed by atoms with Gasteiger partial charge in [0.25, 0.3) is 0 Å². The van der Waals surface area contributed by atoms with Crippen molar-refractivity contribution in [2.24, 2.45) is 0 Å². The summed E-state index contributed by atoms with van der Waals surface area (Å²) < 4.78 is 0. The van der Waals surface area contributed by atoms with E-state index < -0.39 is 0 Å². The normalized spacial score (nSPS) is 19.4. The number of piperidine rings is 1. The van der Waals surface area contributed by atoms with E-state index in [4.69, 9.17) is 10.1 Å². The molecule has 0 aliphatic carbocycles. The molecule has 3 nitrogen and oxygen atoms in total. The monoisotopic (exact) mass is 330 g/mol. The lowest BCUT2D eigenvalue weighted by atomic mass is 9.98. The summed E-state index contributed by atoms with van der Waals surface area (Å²) in [7, 11) is 0. The molecule has 1 aromatic carbocycles. The summed E-state index contributed by atoms with van der Waals surface area (Å²) in [6, 6.07) is 8.31. The Kier molecular flexibility index (Phi) is 5.46. The molecule has 1 fully saturated rings. The predicted molar refractivity (Wildman–Crippen MR) is 95.8 cm³/mol. The van der Waals surface area contributed by atoms with Gasteiger partial charge in [-0.25, -0.2) is 4.98 Å². The Bertz CT molecular complexity index is 621. The van der Waals surface area contributed by atoms with Gasteiger partial charge in [0.1, 0.15) is 0 Å². The van der Waals surface area contributed by atoms with Crippen molar-refractivity contribution in [1.82, 2.24) is 9.88 Å². The molecule has 1 N–H and O–H groups in total. The molecule has 1 aromatic heterocycles. The lowest BCUT2D eigenvalue weighted by Gasteiger charge is -2.31. The van der Waals surface area contributed by atoms with Crippen molar-refractivity contribution in [2.75, 3.05) is 13.1 Å². The summed E-state index contributed by atoms with van der Waals surface area (Å²) in [5.74, 6) is 1.10. The first kappa shape index (κ1) is 16.6. The van der Waals surface area contributed by atoms with E-state index in [1.165, 1.54) is 35.7 Å². The van der Waals surface area contributed by atoms with Crippen molar-refractivity contribution in [3.8, 4) is 0 Å². The molecule has 1 atom stereocenters. The lowest BCUT2D eigenvalue weighted by Crippen LogP contribution is -2.33. The first-order valence-corrected chi connectivity index (χ1v) is 9.40. The molecule has 0 amide bonds. The van der Waals surface area contributed by atoms with Gasteiger partial charge in [0, 0.05) is 24.4 Å². The molecule has 3 rings (SSSR count). The van der Waals surface area contributed by atoms with Crippen LogP contribution >= 0.6 is 11.3 Å². The van der Waals surface area contributed by atoms with Crippen LogP contribution in [0.4, 0.5) is 0 Å². The number of benzene rings is 1. The van der Waals surface area contributed by atoms with Gasteiger partial charge in [-0.3, -0.25) is 4.90 Å². The highest BCUT2D eigenvalue weighted by Crippen LogP contribution is 2.31. The Morgan fingerprint density at radius 2 is 2.00 bits per heavy atom. The van der Waals surface area contributed by atoms with Crippen LogP contribution in [0.3, 0.4) is 0 Å². The molecule has 1 aliphatic heterocycles. The number of hydrogen-bond acceptors (Lipinski definition) is 4. The minimum atomic E-state index is 0.119. The molecule has 124 valence electrons. The number of nitrogens with zero attached hydrogens (tertiary/aromatic N) is 2. The third kappa shape index (κ3) is 4.19. The largest absolute Gasteiger partial charge is 0.392 e. The van der Waals surface area contributed by atoms with E-state index in [-0.39, 0.29) is 6.61 Å². The van der Waals surface area contributed by atoms with E-state index in [1.54, 1.807) is 0 Å². The highest BCUT2D eigenvalue weighted by molar-refractivity contribution is 7.09. The Hall–Kier alpha value is -1.23. The highest BCUT2D eigenvalue weighted by atomic mass is 32.1. The average Bonchev–Trinajstić information content (AvgIpc) is 3.06. The Morgan fingerprint density at radius 1 is 1.26 bits per heavy atom. The predicted octanol–water partition coefficient (Wildman–Crippen LogP) is 4.14. The zero-order valence-electron chi connectivity index (χ0n) is 14.0. The summed E-state index contributed by atoms with van der Waals surface area (Å²) in [6.45, 7) is 7.80. The van der Waals surface area contributed by atoms with Crippen LogP contribution in [-0.4, -0.2) is 28.1 Å². The quantitative estimate of drug-likeness (QED) is 0.895. The molecule has 0 spiro atoms. The van der Waals surface area contributed by atoms with Crippen LogP contribution in [0.25, 0.3) is 0 Å². The maximum absolute atomic E-state index is 9.14. The van der Waals surface area contributed by atoms with E-state index in [0.29, 0.717) is 11.8 Å². The molecule has 0 radical (unpaired) electrons. The maximum Gasteiger partial charge on any atom is 0.0972 e. The molecule has 2 heterocycles. The molecule has 1 unspecified atom stereocenters. The smallest absolute Gasteiger partial charge is 0.0972 e. The SMILES string of the molecule is CC(C)c1csc(C2CCCN(Cc3ccc(CO)cc3)C2)n1. The molecule has 4 heteroatoms. The van der Waals surface area contributed by atoms with Crippen molar-refractivity contribution in [1.29, 1.82) is 0 Å². The molecule has 1 aliphatic rings.